The van der Waals surface area contributed by atoms with Crippen LogP contribution in [0.4, 0.5) is 5.69 Å². The Bertz CT molecular complexity index is 833. The van der Waals surface area contributed by atoms with E-state index < -0.39 is 0 Å². The minimum absolute atomic E-state index is 0.180. The van der Waals surface area contributed by atoms with Crippen LogP contribution < -0.4 is 14.8 Å². The van der Waals surface area contributed by atoms with Crippen LogP contribution in [0.3, 0.4) is 0 Å². The summed E-state index contributed by atoms with van der Waals surface area (Å²) in [5.41, 5.74) is 1.87. The molecule has 0 saturated heterocycles. The summed E-state index contributed by atoms with van der Waals surface area (Å²) in [6.07, 6.45) is 0. The minimum Gasteiger partial charge on any atom is -0.497 e. The fraction of sp³-hybridized carbons (Fsp3) is 0.263. The molecule has 0 saturated carbocycles. The van der Waals surface area contributed by atoms with Crippen LogP contribution in [0.2, 0.25) is 5.02 Å². The van der Waals surface area contributed by atoms with Crippen LogP contribution in [0.5, 0.6) is 11.5 Å². The number of nitriles is 1. The number of benzene rings is 2. The third kappa shape index (κ3) is 5.12. The molecule has 136 valence electrons. The van der Waals surface area contributed by atoms with Gasteiger partial charge in [-0.1, -0.05) is 17.7 Å². The van der Waals surface area contributed by atoms with E-state index in [2.05, 4.69) is 5.32 Å². The molecule has 0 radical (unpaired) electrons. The van der Waals surface area contributed by atoms with E-state index in [1.807, 2.05) is 36.2 Å². The van der Waals surface area contributed by atoms with Gasteiger partial charge in [0.05, 0.1) is 31.4 Å². The predicted molar refractivity (Wildman–Crippen MR) is 101 cm³/mol. The van der Waals surface area contributed by atoms with Gasteiger partial charge in [-0.3, -0.25) is 9.69 Å². The number of halogens is 1. The van der Waals surface area contributed by atoms with E-state index in [0.29, 0.717) is 34.3 Å². The highest BCUT2D eigenvalue weighted by molar-refractivity contribution is 6.32. The van der Waals surface area contributed by atoms with Gasteiger partial charge < -0.3 is 14.8 Å². The Balaban J connectivity index is 1.97. The van der Waals surface area contributed by atoms with Crippen molar-refractivity contribution in [2.24, 2.45) is 0 Å². The van der Waals surface area contributed by atoms with Crippen LogP contribution in [-0.4, -0.2) is 38.6 Å². The third-order valence-corrected chi connectivity index (χ3v) is 4.03. The third-order valence-electron chi connectivity index (χ3n) is 3.72. The van der Waals surface area contributed by atoms with E-state index >= 15 is 0 Å². The number of amides is 1. The summed E-state index contributed by atoms with van der Waals surface area (Å²) in [5, 5.41) is 12.0. The van der Waals surface area contributed by atoms with Crippen molar-refractivity contribution in [3.05, 3.63) is 52.5 Å². The molecule has 0 heterocycles. The highest BCUT2D eigenvalue weighted by Crippen LogP contribution is 2.25. The molecule has 2 aromatic rings. The Hall–Kier alpha value is -2.75. The molecule has 0 aliphatic heterocycles. The average Bonchev–Trinajstić information content (AvgIpc) is 2.62. The number of nitrogens with zero attached hydrogens (tertiary/aromatic N) is 2. The molecular formula is C19H20ClN3O3. The molecule has 7 heteroatoms. The van der Waals surface area contributed by atoms with Gasteiger partial charge in [0, 0.05) is 23.9 Å². The molecule has 26 heavy (non-hydrogen) atoms. The van der Waals surface area contributed by atoms with Gasteiger partial charge in [-0.2, -0.15) is 5.26 Å². The molecule has 0 bridgehead atoms. The Kier molecular flexibility index (Phi) is 6.84. The van der Waals surface area contributed by atoms with E-state index in [9.17, 15) is 4.79 Å². The molecule has 1 N–H and O–H groups in total. The lowest BCUT2D eigenvalue weighted by Crippen LogP contribution is -2.30. The van der Waals surface area contributed by atoms with E-state index in [4.69, 9.17) is 26.3 Å². The maximum absolute atomic E-state index is 12.2. The smallest absolute Gasteiger partial charge is 0.238 e. The molecule has 0 spiro atoms. The zero-order valence-electron chi connectivity index (χ0n) is 14.9. The highest BCUT2D eigenvalue weighted by Gasteiger charge is 2.12. The first kappa shape index (κ1) is 19.6. The van der Waals surface area contributed by atoms with Gasteiger partial charge >= 0.3 is 0 Å². The number of carbonyl (C=O) groups is 1. The van der Waals surface area contributed by atoms with Gasteiger partial charge in [-0.15, -0.1) is 0 Å². The number of hydrogen-bond acceptors (Lipinski definition) is 5. The van der Waals surface area contributed by atoms with Gasteiger partial charge in [0.15, 0.2) is 0 Å². The van der Waals surface area contributed by atoms with Crippen molar-refractivity contribution < 1.29 is 14.3 Å². The Morgan fingerprint density at radius 2 is 2.00 bits per heavy atom. The molecule has 0 unspecified atom stereocenters. The molecule has 2 rings (SSSR count). The zero-order chi connectivity index (χ0) is 19.1. The second-order valence-corrected chi connectivity index (χ2v) is 6.11. The number of nitrogens with one attached hydrogen (secondary N) is 1. The summed E-state index contributed by atoms with van der Waals surface area (Å²) >= 11 is 5.98. The number of ether oxygens (including phenoxy) is 2. The number of likely N-dealkylation sites (N-methyl/N-ethyl adjacent to an activating group) is 1. The maximum Gasteiger partial charge on any atom is 0.238 e. The normalized spacial score (nSPS) is 10.3. The number of carbonyl (C=O) groups excluding carboxylic acids is 1. The summed E-state index contributed by atoms with van der Waals surface area (Å²) in [7, 11) is 5.04. The fourth-order valence-electron chi connectivity index (χ4n) is 2.46. The first-order valence-electron chi connectivity index (χ1n) is 7.85. The van der Waals surface area contributed by atoms with E-state index in [1.54, 1.807) is 32.4 Å². The Morgan fingerprint density at radius 1 is 1.23 bits per heavy atom. The van der Waals surface area contributed by atoms with Crippen molar-refractivity contribution in [1.29, 1.82) is 5.26 Å². The molecule has 0 aliphatic carbocycles. The largest absolute Gasteiger partial charge is 0.497 e. The molecule has 0 aliphatic rings. The SMILES string of the molecule is COc1ccc(CN(C)CC(=O)Nc2ccc(C#N)c(Cl)c2)c(OC)c1. The van der Waals surface area contributed by atoms with Crippen LogP contribution in [0.15, 0.2) is 36.4 Å². The summed E-state index contributed by atoms with van der Waals surface area (Å²) in [5.74, 6) is 1.24. The van der Waals surface area contributed by atoms with Crippen molar-refractivity contribution in [3.8, 4) is 17.6 Å². The number of anilines is 1. The molecule has 0 aromatic heterocycles. The van der Waals surface area contributed by atoms with E-state index in [0.717, 1.165) is 5.56 Å². The van der Waals surface area contributed by atoms with E-state index in [-0.39, 0.29) is 12.5 Å². The highest BCUT2D eigenvalue weighted by atomic mass is 35.5. The van der Waals surface area contributed by atoms with Crippen molar-refractivity contribution in [1.82, 2.24) is 4.90 Å². The molecule has 0 fully saturated rings. The van der Waals surface area contributed by atoms with Gasteiger partial charge in [0.25, 0.3) is 0 Å². The zero-order valence-corrected chi connectivity index (χ0v) is 15.6. The van der Waals surface area contributed by atoms with Gasteiger partial charge in [-0.25, -0.2) is 0 Å². The summed E-state index contributed by atoms with van der Waals surface area (Å²) < 4.78 is 10.6. The van der Waals surface area contributed by atoms with E-state index in [1.165, 1.54) is 0 Å². The van der Waals surface area contributed by atoms with Crippen molar-refractivity contribution >= 4 is 23.2 Å². The molecular weight excluding hydrogens is 354 g/mol. The van der Waals surface area contributed by atoms with Crippen LogP contribution in [0.1, 0.15) is 11.1 Å². The molecule has 6 nitrogen and oxygen atoms in total. The molecule has 2 aromatic carbocycles. The predicted octanol–water partition coefficient (Wildman–Crippen LogP) is 3.30. The lowest BCUT2D eigenvalue weighted by Gasteiger charge is -2.18. The lowest BCUT2D eigenvalue weighted by molar-refractivity contribution is -0.117. The van der Waals surface area contributed by atoms with Crippen LogP contribution in [0, 0.1) is 11.3 Å². The van der Waals surface area contributed by atoms with Crippen molar-refractivity contribution in [3.63, 3.8) is 0 Å². The fourth-order valence-corrected chi connectivity index (χ4v) is 2.68. The van der Waals surface area contributed by atoms with Gasteiger partial charge in [0.2, 0.25) is 5.91 Å². The minimum atomic E-state index is -0.180. The molecule has 1 amide bonds. The van der Waals surface area contributed by atoms with Crippen LogP contribution in [0.25, 0.3) is 0 Å². The van der Waals surface area contributed by atoms with Crippen molar-refractivity contribution in [2.45, 2.75) is 6.54 Å². The number of methoxy groups -OCH3 is 2. The first-order valence-corrected chi connectivity index (χ1v) is 8.23. The number of hydrogen-bond donors (Lipinski definition) is 1. The topological polar surface area (TPSA) is 74.6 Å². The first-order chi connectivity index (χ1) is 12.5. The monoisotopic (exact) mass is 373 g/mol. The second-order valence-electron chi connectivity index (χ2n) is 5.70. The van der Waals surface area contributed by atoms with Gasteiger partial charge in [0.1, 0.15) is 17.6 Å². The maximum atomic E-state index is 12.2. The van der Waals surface area contributed by atoms with Crippen molar-refractivity contribution in [2.75, 3.05) is 33.1 Å². The lowest BCUT2D eigenvalue weighted by atomic mass is 10.1. The average molecular weight is 374 g/mol. The quantitative estimate of drug-likeness (QED) is 0.806. The Morgan fingerprint density at radius 3 is 2.62 bits per heavy atom. The van der Waals surface area contributed by atoms with Crippen LogP contribution in [-0.2, 0) is 11.3 Å². The number of rotatable bonds is 7. The summed E-state index contributed by atoms with van der Waals surface area (Å²) in [6.45, 7) is 0.724. The second kappa shape index (κ2) is 9.09. The van der Waals surface area contributed by atoms with Crippen LogP contribution >= 0.6 is 11.6 Å². The summed E-state index contributed by atoms with van der Waals surface area (Å²) in [4.78, 5) is 14.1. The molecule has 0 atom stereocenters. The Labute approximate surface area is 157 Å². The van der Waals surface area contributed by atoms with Gasteiger partial charge in [-0.05, 0) is 31.3 Å². The summed E-state index contributed by atoms with van der Waals surface area (Å²) in [6, 6.07) is 12.3. The standard InChI is InChI=1S/C19H20ClN3O3/c1-23(11-14-5-7-16(25-2)9-18(14)26-3)12-19(24)22-15-6-4-13(10-21)17(20)8-15/h4-9H,11-12H2,1-3H3,(H,22,24).